The molecule has 1 aromatic carbocycles. The maximum Gasteiger partial charge on any atom is 0.249 e. The number of unbranched alkanes of at least 4 members (excludes halogenated alkanes) is 2. The molecule has 4 heterocycles. The number of likely N-dealkylation sites (tertiary alicyclic amines) is 1. The molecule has 228 valence electrons. The molecule has 8 nitrogen and oxygen atoms in total. The molecule has 0 saturated carbocycles. The fraction of sp³-hybridized carbons (Fsp3) is 0.618. The molecule has 8 heteroatoms. The minimum absolute atomic E-state index is 0.129. The van der Waals surface area contributed by atoms with E-state index in [4.69, 9.17) is 4.74 Å². The number of aliphatic hydroxyl groups is 1. The average Bonchev–Trinajstić information content (AvgIpc) is 3.28. The molecular weight excluding hydrogens is 530 g/mol. The minimum atomic E-state index is -1.30. The summed E-state index contributed by atoms with van der Waals surface area (Å²) in [5, 5.41) is 10.6. The Kier molecular flexibility index (Phi) is 8.95. The summed E-state index contributed by atoms with van der Waals surface area (Å²) in [6.07, 6.45) is 11.8. The number of aliphatic hydroxyl groups excluding tert-OH is 1. The van der Waals surface area contributed by atoms with Crippen LogP contribution in [0.2, 0.25) is 0 Å². The van der Waals surface area contributed by atoms with Crippen LogP contribution in [-0.4, -0.2) is 87.1 Å². The number of carbonyl (C=O) groups is 3. The molecule has 4 aliphatic heterocycles. The normalized spacial score (nSPS) is 31.3. The van der Waals surface area contributed by atoms with Gasteiger partial charge in [0.05, 0.1) is 30.1 Å². The topological polar surface area (TPSA) is 90.4 Å². The Morgan fingerprint density at radius 1 is 0.929 bits per heavy atom. The van der Waals surface area contributed by atoms with Gasteiger partial charge < -0.3 is 24.5 Å². The van der Waals surface area contributed by atoms with E-state index in [0.717, 1.165) is 24.8 Å². The minimum Gasteiger partial charge on any atom is -0.394 e. The van der Waals surface area contributed by atoms with Gasteiger partial charge in [-0.05, 0) is 30.7 Å². The zero-order chi connectivity index (χ0) is 30.1. The van der Waals surface area contributed by atoms with Crippen molar-refractivity contribution in [3.05, 3.63) is 60.2 Å². The van der Waals surface area contributed by atoms with Crippen LogP contribution in [0, 0.1) is 17.8 Å². The third kappa shape index (κ3) is 5.11. The Labute approximate surface area is 250 Å². The van der Waals surface area contributed by atoms with Crippen molar-refractivity contribution >= 4 is 17.7 Å². The Hall–Kier alpha value is -2.97. The van der Waals surface area contributed by atoms with Gasteiger partial charge >= 0.3 is 0 Å². The van der Waals surface area contributed by atoms with Crippen LogP contribution < -0.4 is 0 Å². The molecule has 5 rings (SSSR count). The summed E-state index contributed by atoms with van der Waals surface area (Å²) < 4.78 is 7.08. The van der Waals surface area contributed by atoms with Crippen molar-refractivity contribution in [1.82, 2.24) is 14.7 Å². The third-order valence-electron chi connectivity index (χ3n) is 9.64. The zero-order valence-corrected chi connectivity index (χ0v) is 25.6. The van der Waals surface area contributed by atoms with Gasteiger partial charge in [0.15, 0.2) is 0 Å². The summed E-state index contributed by atoms with van der Waals surface area (Å²) >= 11 is 0. The number of rotatable bonds is 11. The molecule has 1 spiro atoms. The lowest BCUT2D eigenvalue weighted by atomic mass is 9.73. The smallest absolute Gasteiger partial charge is 0.249 e. The van der Waals surface area contributed by atoms with E-state index in [1.165, 1.54) is 0 Å². The fourth-order valence-corrected chi connectivity index (χ4v) is 7.71. The van der Waals surface area contributed by atoms with Crippen LogP contribution in [0.15, 0.2) is 54.6 Å². The number of ether oxygens (including phenoxy) is 1. The molecule has 0 bridgehead atoms. The molecular formula is C34H47N3O5. The van der Waals surface area contributed by atoms with E-state index in [2.05, 4.69) is 6.92 Å². The van der Waals surface area contributed by atoms with Crippen molar-refractivity contribution in [3.63, 3.8) is 0 Å². The first kappa shape index (κ1) is 30.5. The van der Waals surface area contributed by atoms with E-state index >= 15 is 0 Å². The number of hydrogen-bond acceptors (Lipinski definition) is 5. The Morgan fingerprint density at radius 3 is 2.31 bits per heavy atom. The molecule has 1 unspecified atom stereocenters. The van der Waals surface area contributed by atoms with Gasteiger partial charge in [-0.2, -0.15) is 0 Å². The van der Waals surface area contributed by atoms with E-state index in [9.17, 15) is 19.5 Å². The molecule has 6 atom stereocenters. The Balaban J connectivity index is 1.60. The lowest BCUT2D eigenvalue weighted by Crippen LogP contribution is -2.59. The summed E-state index contributed by atoms with van der Waals surface area (Å²) in [5.74, 6) is -2.01. The van der Waals surface area contributed by atoms with Gasteiger partial charge in [-0.3, -0.25) is 14.4 Å². The number of benzene rings is 1. The van der Waals surface area contributed by atoms with Crippen molar-refractivity contribution < 1.29 is 24.2 Å². The highest BCUT2D eigenvalue weighted by Crippen LogP contribution is 2.59. The van der Waals surface area contributed by atoms with Crippen LogP contribution in [-0.2, 0) is 25.7 Å². The average molecular weight is 578 g/mol. The first-order chi connectivity index (χ1) is 20.2. The predicted octanol–water partition coefficient (Wildman–Crippen LogP) is 3.94. The quantitative estimate of drug-likeness (QED) is 0.318. The molecule has 2 fully saturated rings. The van der Waals surface area contributed by atoms with Gasteiger partial charge in [0.1, 0.15) is 11.6 Å². The molecule has 0 radical (unpaired) electrons. The highest BCUT2D eigenvalue weighted by molar-refractivity contribution is 6.00. The number of hydrogen-bond donors (Lipinski definition) is 1. The number of nitrogens with zero attached hydrogens (tertiary/aromatic N) is 3. The van der Waals surface area contributed by atoms with Gasteiger partial charge in [-0.15, -0.1) is 0 Å². The van der Waals surface area contributed by atoms with Crippen LogP contribution in [0.25, 0.3) is 0 Å². The van der Waals surface area contributed by atoms with Gasteiger partial charge in [0, 0.05) is 26.2 Å². The van der Waals surface area contributed by atoms with Crippen LogP contribution in [0.1, 0.15) is 65.4 Å². The summed E-state index contributed by atoms with van der Waals surface area (Å²) in [6, 6.07) is 8.37. The van der Waals surface area contributed by atoms with Gasteiger partial charge in [-0.25, -0.2) is 0 Å². The molecule has 0 aliphatic carbocycles. The number of amides is 3. The maximum atomic E-state index is 14.7. The number of fused-ring (bicyclic) bond motifs is 2. The molecule has 3 amide bonds. The Bertz CT molecular complexity index is 1210. The van der Waals surface area contributed by atoms with Gasteiger partial charge in [-0.1, -0.05) is 95.2 Å². The second kappa shape index (κ2) is 12.3. The first-order valence-electron chi connectivity index (χ1n) is 15.8. The maximum absolute atomic E-state index is 14.7. The highest BCUT2D eigenvalue weighted by Gasteiger charge is 2.75. The predicted molar refractivity (Wildman–Crippen MR) is 161 cm³/mol. The SMILES string of the molecule is CCCCCN1CC=C[C@]23O[C@@]4(CC)C=CCN(Cc5ccccc5)C(=O)[C@H]4[C@H]2C(=O)N([C@@H](CO)CC(C)C)C3C1=O. The van der Waals surface area contributed by atoms with Crippen molar-refractivity contribution in [1.29, 1.82) is 0 Å². The molecule has 2 saturated heterocycles. The first-order valence-corrected chi connectivity index (χ1v) is 15.8. The summed E-state index contributed by atoms with van der Waals surface area (Å²) in [7, 11) is 0. The fourth-order valence-electron chi connectivity index (χ4n) is 7.71. The second-order valence-electron chi connectivity index (χ2n) is 12.8. The molecule has 4 aliphatic rings. The molecule has 42 heavy (non-hydrogen) atoms. The second-order valence-corrected chi connectivity index (χ2v) is 12.8. The number of carbonyl (C=O) groups excluding carboxylic acids is 3. The Morgan fingerprint density at radius 2 is 1.64 bits per heavy atom. The lowest BCUT2D eigenvalue weighted by Gasteiger charge is -2.41. The largest absolute Gasteiger partial charge is 0.394 e. The van der Waals surface area contributed by atoms with Crippen molar-refractivity contribution in [2.75, 3.05) is 26.2 Å². The standard InChI is InChI=1S/C34H47N3O5/c1-5-7-11-18-35-19-13-17-34-28(31(40)37(29(34)32(35)41)26(23-38)21-24(3)4)27-30(39)36(22-25-14-9-8-10-15-25)20-12-16-33(27,6-2)42-34/h8-10,12-17,24,26-29,38H,5-7,11,18-23H2,1-4H3/t26-,27-,28+,29?,33+,34+/m1/s1. The lowest BCUT2D eigenvalue weighted by molar-refractivity contribution is -0.157. The van der Waals surface area contributed by atoms with Gasteiger partial charge in [0.2, 0.25) is 17.7 Å². The van der Waals surface area contributed by atoms with Crippen molar-refractivity contribution in [2.24, 2.45) is 17.8 Å². The summed E-state index contributed by atoms with van der Waals surface area (Å²) in [4.78, 5) is 49.0. The zero-order valence-electron chi connectivity index (χ0n) is 25.6. The summed E-state index contributed by atoms with van der Waals surface area (Å²) in [6.45, 7) is 9.82. The van der Waals surface area contributed by atoms with Crippen LogP contribution in [0.4, 0.5) is 0 Å². The molecule has 1 N–H and O–H groups in total. The van der Waals surface area contributed by atoms with Crippen LogP contribution >= 0.6 is 0 Å². The highest BCUT2D eigenvalue weighted by atomic mass is 16.5. The van der Waals surface area contributed by atoms with E-state index in [1.54, 1.807) is 9.80 Å². The summed E-state index contributed by atoms with van der Waals surface area (Å²) in [5.41, 5.74) is -1.30. The van der Waals surface area contributed by atoms with Crippen LogP contribution in [0.5, 0.6) is 0 Å². The monoisotopic (exact) mass is 577 g/mol. The molecule has 0 aromatic heterocycles. The van der Waals surface area contributed by atoms with Crippen LogP contribution in [0.3, 0.4) is 0 Å². The van der Waals surface area contributed by atoms with Crippen molar-refractivity contribution in [2.45, 2.75) is 89.6 Å². The van der Waals surface area contributed by atoms with E-state index < -0.39 is 35.1 Å². The van der Waals surface area contributed by atoms with Gasteiger partial charge in [0.25, 0.3) is 0 Å². The third-order valence-corrected chi connectivity index (χ3v) is 9.64. The molecule has 1 aromatic rings. The van der Waals surface area contributed by atoms with E-state index in [-0.39, 0.29) is 30.2 Å². The van der Waals surface area contributed by atoms with E-state index in [1.807, 2.05) is 80.3 Å². The van der Waals surface area contributed by atoms with Crippen molar-refractivity contribution in [3.8, 4) is 0 Å². The van der Waals surface area contributed by atoms with E-state index in [0.29, 0.717) is 39.0 Å².